The molecule has 1 rings (SSSR count). The Hall–Kier alpha value is -0.580. The summed E-state index contributed by atoms with van der Waals surface area (Å²) in [5.41, 5.74) is 6.23. The molecule has 0 saturated heterocycles. The van der Waals surface area contributed by atoms with Crippen LogP contribution >= 0.6 is 27.5 Å². The fourth-order valence-electron chi connectivity index (χ4n) is 1.72. The maximum Gasteiger partial charge on any atom is 0.252 e. The van der Waals surface area contributed by atoms with Gasteiger partial charge in [0.15, 0.2) is 0 Å². The standard InChI is InChI=1S/C13H18BrClN2O/c1-8(2)5-10(7-16)17-13(18)11-4-3-9(15)6-12(11)14/h3-4,6,8,10H,5,7,16H2,1-2H3,(H,17,18). The third-order valence-electron chi connectivity index (χ3n) is 2.55. The van der Waals surface area contributed by atoms with Crippen LogP contribution < -0.4 is 11.1 Å². The second-order valence-electron chi connectivity index (χ2n) is 4.66. The number of halogens is 2. The highest BCUT2D eigenvalue weighted by Crippen LogP contribution is 2.21. The molecular weight excluding hydrogens is 316 g/mol. The van der Waals surface area contributed by atoms with Crippen LogP contribution in [0.3, 0.4) is 0 Å². The van der Waals surface area contributed by atoms with Gasteiger partial charge in [0.1, 0.15) is 0 Å². The summed E-state index contributed by atoms with van der Waals surface area (Å²) in [6.45, 7) is 4.65. The normalized spacial score (nSPS) is 12.6. The van der Waals surface area contributed by atoms with Gasteiger partial charge in [0, 0.05) is 22.1 Å². The monoisotopic (exact) mass is 332 g/mol. The topological polar surface area (TPSA) is 55.1 Å². The van der Waals surface area contributed by atoms with Gasteiger partial charge in [-0.2, -0.15) is 0 Å². The first-order valence-corrected chi connectivity index (χ1v) is 7.07. The van der Waals surface area contributed by atoms with E-state index in [1.807, 2.05) is 0 Å². The molecule has 0 aliphatic carbocycles. The molecule has 0 saturated carbocycles. The minimum Gasteiger partial charge on any atom is -0.348 e. The van der Waals surface area contributed by atoms with Crippen LogP contribution in [-0.2, 0) is 0 Å². The van der Waals surface area contributed by atoms with E-state index in [2.05, 4.69) is 35.1 Å². The van der Waals surface area contributed by atoms with E-state index in [0.29, 0.717) is 27.5 Å². The third kappa shape index (κ3) is 4.59. The van der Waals surface area contributed by atoms with Crippen LogP contribution in [0.4, 0.5) is 0 Å². The zero-order valence-electron chi connectivity index (χ0n) is 10.5. The zero-order valence-corrected chi connectivity index (χ0v) is 12.9. The molecule has 3 N–H and O–H groups in total. The van der Waals surface area contributed by atoms with Crippen LogP contribution in [0.25, 0.3) is 0 Å². The molecular formula is C13H18BrClN2O. The first-order chi connectivity index (χ1) is 8.43. The zero-order chi connectivity index (χ0) is 13.7. The summed E-state index contributed by atoms with van der Waals surface area (Å²) < 4.78 is 0.688. The molecule has 1 amide bonds. The summed E-state index contributed by atoms with van der Waals surface area (Å²) in [7, 11) is 0. The molecule has 18 heavy (non-hydrogen) atoms. The lowest BCUT2D eigenvalue weighted by Gasteiger charge is -2.19. The highest BCUT2D eigenvalue weighted by molar-refractivity contribution is 9.10. The van der Waals surface area contributed by atoms with Crippen molar-refractivity contribution in [1.29, 1.82) is 0 Å². The molecule has 1 atom stereocenters. The first kappa shape index (κ1) is 15.5. The second kappa shape index (κ2) is 7.12. The van der Waals surface area contributed by atoms with E-state index in [1.54, 1.807) is 18.2 Å². The smallest absolute Gasteiger partial charge is 0.252 e. The second-order valence-corrected chi connectivity index (χ2v) is 5.95. The summed E-state index contributed by atoms with van der Waals surface area (Å²) in [5, 5.41) is 3.53. The Balaban J connectivity index is 2.74. The minimum atomic E-state index is -0.130. The first-order valence-electron chi connectivity index (χ1n) is 5.90. The van der Waals surface area contributed by atoms with Crippen molar-refractivity contribution in [3.63, 3.8) is 0 Å². The molecule has 0 heterocycles. The van der Waals surface area contributed by atoms with Gasteiger partial charge in [-0.3, -0.25) is 4.79 Å². The Morgan fingerprint density at radius 2 is 2.17 bits per heavy atom. The van der Waals surface area contributed by atoms with E-state index < -0.39 is 0 Å². The number of amides is 1. The van der Waals surface area contributed by atoms with Gasteiger partial charge < -0.3 is 11.1 Å². The molecule has 0 aliphatic heterocycles. The fourth-order valence-corrected chi connectivity index (χ4v) is 2.58. The molecule has 3 nitrogen and oxygen atoms in total. The van der Waals surface area contributed by atoms with E-state index in [4.69, 9.17) is 17.3 Å². The Kier molecular flexibility index (Phi) is 6.12. The quantitative estimate of drug-likeness (QED) is 0.869. The molecule has 1 aromatic carbocycles. The molecule has 100 valence electrons. The number of carbonyl (C=O) groups excluding carboxylic acids is 1. The van der Waals surface area contributed by atoms with Crippen molar-refractivity contribution in [2.24, 2.45) is 11.7 Å². The number of rotatable bonds is 5. The maximum atomic E-state index is 12.1. The lowest BCUT2D eigenvalue weighted by atomic mass is 10.0. The lowest BCUT2D eigenvalue weighted by molar-refractivity contribution is 0.0933. The van der Waals surface area contributed by atoms with Crippen LogP contribution in [-0.4, -0.2) is 18.5 Å². The number of benzene rings is 1. The average molecular weight is 334 g/mol. The van der Waals surface area contributed by atoms with Crippen molar-refractivity contribution >= 4 is 33.4 Å². The Morgan fingerprint density at radius 1 is 1.50 bits per heavy atom. The SMILES string of the molecule is CC(C)CC(CN)NC(=O)c1ccc(Cl)cc1Br. The van der Waals surface area contributed by atoms with E-state index >= 15 is 0 Å². The van der Waals surface area contributed by atoms with Crippen molar-refractivity contribution in [2.75, 3.05) is 6.54 Å². The average Bonchev–Trinajstić information content (AvgIpc) is 2.27. The van der Waals surface area contributed by atoms with Gasteiger partial charge in [-0.25, -0.2) is 0 Å². The van der Waals surface area contributed by atoms with E-state index in [1.165, 1.54) is 0 Å². The summed E-state index contributed by atoms with van der Waals surface area (Å²) in [5.74, 6) is 0.363. The van der Waals surface area contributed by atoms with E-state index in [-0.39, 0.29) is 11.9 Å². The highest BCUT2D eigenvalue weighted by Gasteiger charge is 2.15. The molecule has 5 heteroatoms. The van der Waals surface area contributed by atoms with Crippen LogP contribution in [0.2, 0.25) is 5.02 Å². The summed E-state index contributed by atoms with van der Waals surface area (Å²) >= 11 is 9.18. The molecule has 0 fully saturated rings. The van der Waals surface area contributed by atoms with Crippen LogP contribution in [0.1, 0.15) is 30.6 Å². The summed E-state index contributed by atoms with van der Waals surface area (Å²) in [6, 6.07) is 5.10. The molecule has 1 unspecified atom stereocenters. The summed E-state index contributed by atoms with van der Waals surface area (Å²) in [4.78, 5) is 12.1. The number of hydrogen-bond donors (Lipinski definition) is 2. The van der Waals surface area contributed by atoms with Crippen molar-refractivity contribution in [2.45, 2.75) is 26.3 Å². The number of hydrogen-bond acceptors (Lipinski definition) is 2. The highest BCUT2D eigenvalue weighted by atomic mass is 79.9. The fraction of sp³-hybridized carbons (Fsp3) is 0.462. The van der Waals surface area contributed by atoms with Gasteiger partial charge in [0.2, 0.25) is 0 Å². The predicted octanol–water partition coefficient (Wildman–Crippen LogP) is 3.21. The molecule has 0 spiro atoms. The number of nitrogens with two attached hydrogens (primary N) is 1. The Morgan fingerprint density at radius 3 is 2.67 bits per heavy atom. The Labute approximate surface area is 121 Å². The number of carbonyl (C=O) groups is 1. The van der Waals surface area contributed by atoms with Gasteiger partial charge >= 0.3 is 0 Å². The van der Waals surface area contributed by atoms with Crippen molar-refractivity contribution in [1.82, 2.24) is 5.32 Å². The molecule has 0 aromatic heterocycles. The largest absolute Gasteiger partial charge is 0.348 e. The maximum absolute atomic E-state index is 12.1. The van der Waals surface area contributed by atoms with Gasteiger partial charge in [-0.15, -0.1) is 0 Å². The molecule has 0 bridgehead atoms. The van der Waals surface area contributed by atoms with Crippen LogP contribution in [0, 0.1) is 5.92 Å². The summed E-state index contributed by atoms with van der Waals surface area (Å²) in [6.07, 6.45) is 0.869. The van der Waals surface area contributed by atoms with Gasteiger partial charge in [0.05, 0.1) is 5.56 Å². The number of nitrogens with one attached hydrogen (secondary N) is 1. The van der Waals surface area contributed by atoms with Crippen LogP contribution in [0.15, 0.2) is 22.7 Å². The van der Waals surface area contributed by atoms with Crippen LogP contribution in [0.5, 0.6) is 0 Å². The third-order valence-corrected chi connectivity index (χ3v) is 3.44. The molecule has 0 aliphatic rings. The van der Waals surface area contributed by atoms with Crippen molar-refractivity contribution in [3.05, 3.63) is 33.3 Å². The molecule has 0 radical (unpaired) electrons. The molecule has 1 aromatic rings. The van der Waals surface area contributed by atoms with Gasteiger partial charge in [0.25, 0.3) is 5.91 Å². The van der Waals surface area contributed by atoms with Gasteiger partial charge in [-0.1, -0.05) is 25.4 Å². The predicted molar refractivity (Wildman–Crippen MR) is 78.9 cm³/mol. The Bertz CT molecular complexity index is 423. The van der Waals surface area contributed by atoms with E-state index in [0.717, 1.165) is 6.42 Å². The van der Waals surface area contributed by atoms with E-state index in [9.17, 15) is 4.79 Å². The van der Waals surface area contributed by atoms with Crippen molar-refractivity contribution < 1.29 is 4.79 Å². The lowest BCUT2D eigenvalue weighted by Crippen LogP contribution is -2.41. The van der Waals surface area contributed by atoms with Crippen molar-refractivity contribution in [3.8, 4) is 0 Å². The minimum absolute atomic E-state index is 0.0000723. The van der Waals surface area contributed by atoms with Gasteiger partial charge in [-0.05, 0) is 46.5 Å².